The van der Waals surface area contributed by atoms with E-state index < -0.39 is 0 Å². The summed E-state index contributed by atoms with van der Waals surface area (Å²) in [7, 11) is 0. The van der Waals surface area contributed by atoms with E-state index in [2.05, 4.69) is 42.2 Å². The van der Waals surface area contributed by atoms with E-state index in [1.54, 1.807) is 0 Å². The average molecular weight is 361 g/mol. The number of anilines is 1. The Morgan fingerprint density at radius 3 is 3.09 bits per heavy atom. The zero-order valence-electron chi connectivity index (χ0n) is 12.8. The van der Waals surface area contributed by atoms with E-state index in [1.165, 1.54) is 12.0 Å². The molecule has 0 radical (unpaired) electrons. The van der Waals surface area contributed by atoms with Crippen molar-refractivity contribution in [2.45, 2.75) is 19.9 Å². The van der Waals surface area contributed by atoms with Crippen LogP contribution in [-0.2, 0) is 6.54 Å². The number of aromatic nitrogens is 2. The van der Waals surface area contributed by atoms with Gasteiger partial charge in [0.15, 0.2) is 0 Å². The molecule has 1 N–H and O–H groups in total. The number of rotatable bonds is 5. The quantitative estimate of drug-likeness (QED) is 0.885. The van der Waals surface area contributed by atoms with Crippen LogP contribution < -0.4 is 5.32 Å². The number of halogens is 1. The molecule has 2 aromatic rings. The Bertz CT molecular complexity index is 632. The lowest BCUT2D eigenvalue weighted by molar-refractivity contribution is 0.318. The van der Waals surface area contributed by atoms with Crippen molar-refractivity contribution in [1.82, 2.24) is 14.9 Å². The maximum absolute atomic E-state index is 4.49. The normalized spacial score (nSPS) is 18.5. The highest BCUT2D eigenvalue weighted by Crippen LogP contribution is 2.20. The van der Waals surface area contributed by atoms with Crippen molar-refractivity contribution in [1.29, 1.82) is 0 Å². The maximum atomic E-state index is 4.49. The molecule has 4 nitrogen and oxygen atoms in total. The summed E-state index contributed by atoms with van der Waals surface area (Å²) in [4.78, 5) is 11.2. The molecular weight excluding hydrogens is 340 g/mol. The predicted molar refractivity (Wildman–Crippen MR) is 92.8 cm³/mol. The molecule has 3 heterocycles. The third kappa shape index (κ3) is 4.27. The molecule has 1 aliphatic rings. The van der Waals surface area contributed by atoms with Crippen molar-refractivity contribution in [3.63, 3.8) is 0 Å². The SMILES string of the molecule is Cc1cccc(NC[C@@H]2CCN(Cc3cncc(Br)c3)C2)n1. The van der Waals surface area contributed by atoms with Gasteiger partial charge in [-0.2, -0.15) is 0 Å². The van der Waals surface area contributed by atoms with E-state index in [1.807, 2.05) is 37.5 Å². The van der Waals surface area contributed by atoms with Crippen LogP contribution in [0.4, 0.5) is 5.82 Å². The lowest BCUT2D eigenvalue weighted by Gasteiger charge is -2.16. The van der Waals surface area contributed by atoms with Crippen LogP contribution in [0.25, 0.3) is 0 Å². The summed E-state index contributed by atoms with van der Waals surface area (Å²) in [5.74, 6) is 1.66. The number of nitrogens with zero attached hydrogens (tertiary/aromatic N) is 3. The summed E-state index contributed by atoms with van der Waals surface area (Å²) in [5.41, 5.74) is 2.32. The molecule has 116 valence electrons. The molecule has 5 heteroatoms. The van der Waals surface area contributed by atoms with Gasteiger partial charge in [-0.1, -0.05) is 6.07 Å². The first-order valence-corrected chi connectivity index (χ1v) is 8.47. The van der Waals surface area contributed by atoms with Gasteiger partial charge in [-0.3, -0.25) is 9.88 Å². The van der Waals surface area contributed by atoms with Gasteiger partial charge in [0, 0.05) is 42.2 Å². The number of hydrogen-bond acceptors (Lipinski definition) is 4. The van der Waals surface area contributed by atoms with E-state index in [0.29, 0.717) is 5.92 Å². The van der Waals surface area contributed by atoms with Crippen molar-refractivity contribution < 1.29 is 0 Å². The number of aryl methyl sites for hydroxylation is 1. The van der Waals surface area contributed by atoms with E-state index in [9.17, 15) is 0 Å². The van der Waals surface area contributed by atoms with Gasteiger partial charge in [-0.25, -0.2) is 4.98 Å². The third-order valence-electron chi connectivity index (χ3n) is 4.00. The van der Waals surface area contributed by atoms with Crippen molar-refractivity contribution in [3.8, 4) is 0 Å². The number of hydrogen-bond donors (Lipinski definition) is 1. The van der Waals surface area contributed by atoms with Crippen LogP contribution in [0.5, 0.6) is 0 Å². The summed E-state index contributed by atoms with van der Waals surface area (Å²) in [6.07, 6.45) is 5.02. The van der Waals surface area contributed by atoms with E-state index in [-0.39, 0.29) is 0 Å². The average Bonchev–Trinajstić information content (AvgIpc) is 2.93. The first-order chi connectivity index (χ1) is 10.7. The number of pyridine rings is 2. The Hall–Kier alpha value is -1.46. The van der Waals surface area contributed by atoms with Gasteiger partial charge >= 0.3 is 0 Å². The second-order valence-corrected chi connectivity index (χ2v) is 6.86. The zero-order chi connectivity index (χ0) is 15.4. The van der Waals surface area contributed by atoms with Crippen LogP contribution >= 0.6 is 15.9 Å². The van der Waals surface area contributed by atoms with Gasteiger partial charge in [0.1, 0.15) is 5.82 Å². The molecule has 0 bridgehead atoms. The van der Waals surface area contributed by atoms with Crippen molar-refractivity contribution in [2.24, 2.45) is 5.92 Å². The second-order valence-electron chi connectivity index (χ2n) is 5.95. The van der Waals surface area contributed by atoms with Gasteiger partial charge in [0.25, 0.3) is 0 Å². The van der Waals surface area contributed by atoms with Gasteiger partial charge in [0.2, 0.25) is 0 Å². The molecule has 1 atom stereocenters. The van der Waals surface area contributed by atoms with Crippen LogP contribution in [0.15, 0.2) is 41.1 Å². The highest BCUT2D eigenvalue weighted by atomic mass is 79.9. The number of likely N-dealkylation sites (tertiary alicyclic amines) is 1. The van der Waals surface area contributed by atoms with Crippen molar-refractivity contribution in [2.75, 3.05) is 25.0 Å². The fourth-order valence-corrected chi connectivity index (χ4v) is 3.33. The highest BCUT2D eigenvalue weighted by molar-refractivity contribution is 9.10. The van der Waals surface area contributed by atoms with Crippen LogP contribution in [0.1, 0.15) is 17.7 Å². The molecule has 1 fully saturated rings. The first kappa shape index (κ1) is 15.4. The smallest absolute Gasteiger partial charge is 0.126 e. The van der Waals surface area contributed by atoms with Crippen LogP contribution in [-0.4, -0.2) is 34.5 Å². The summed E-state index contributed by atoms with van der Waals surface area (Å²) in [6, 6.07) is 8.25. The van der Waals surface area contributed by atoms with Gasteiger partial charge < -0.3 is 5.32 Å². The Morgan fingerprint density at radius 1 is 1.36 bits per heavy atom. The Kier molecular flexibility index (Phi) is 5.05. The van der Waals surface area contributed by atoms with Crippen LogP contribution in [0, 0.1) is 12.8 Å². The summed E-state index contributed by atoms with van der Waals surface area (Å²) < 4.78 is 1.05. The fraction of sp³-hybridized carbons (Fsp3) is 0.412. The largest absolute Gasteiger partial charge is 0.370 e. The molecule has 0 aliphatic carbocycles. The minimum atomic E-state index is 0.683. The van der Waals surface area contributed by atoms with Gasteiger partial charge in [-0.15, -0.1) is 0 Å². The predicted octanol–water partition coefficient (Wildman–Crippen LogP) is 3.48. The third-order valence-corrected chi connectivity index (χ3v) is 4.43. The molecule has 0 aromatic carbocycles. The molecule has 0 unspecified atom stereocenters. The van der Waals surface area contributed by atoms with Crippen molar-refractivity contribution in [3.05, 3.63) is 52.4 Å². The highest BCUT2D eigenvalue weighted by Gasteiger charge is 2.22. The maximum Gasteiger partial charge on any atom is 0.126 e. The molecule has 2 aromatic heterocycles. The molecule has 1 saturated heterocycles. The van der Waals surface area contributed by atoms with Gasteiger partial charge in [0.05, 0.1) is 0 Å². The lowest BCUT2D eigenvalue weighted by Crippen LogP contribution is -2.23. The zero-order valence-corrected chi connectivity index (χ0v) is 14.4. The molecule has 22 heavy (non-hydrogen) atoms. The lowest BCUT2D eigenvalue weighted by atomic mass is 10.1. The Labute approximate surface area is 140 Å². The molecule has 0 amide bonds. The monoisotopic (exact) mass is 360 g/mol. The van der Waals surface area contributed by atoms with Gasteiger partial charge in [-0.05, 0) is 65.5 Å². The summed E-state index contributed by atoms with van der Waals surface area (Å²) in [6.45, 7) is 6.27. The topological polar surface area (TPSA) is 41.0 Å². The minimum Gasteiger partial charge on any atom is -0.370 e. The fourth-order valence-electron chi connectivity index (χ4n) is 2.91. The molecule has 3 rings (SSSR count). The molecule has 0 spiro atoms. The number of nitrogens with one attached hydrogen (secondary N) is 1. The van der Waals surface area contributed by atoms with Crippen molar-refractivity contribution >= 4 is 21.7 Å². The van der Waals surface area contributed by atoms with E-state index in [4.69, 9.17) is 0 Å². The first-order valence-electron chi connectivity index (χ1n) is 7.68. The van der Waals surface area contributed by atoms with E-state index in [0.717, 1.165) is 42.2 Å². The minimum absolute atomic E-state index is 0.683. The Morgan fingerprint density at radius 2 is 2.27 bits per heavy atom. The molecule has 1 aliphatic heterocycles. The summed E-state index contributed by atoms with van der Waals surface area (Å²) >= 11 is 3.48. The molecule has 0 saturated carbocycles. The van der Waals surface area contributed by atoms with Crippen LogP contribution in [0.3, 0.4) is 0 Å². The summed E-state index contributed by atoms with van der Waals surface area (Å²) in [5, 5.41) is 3.46. The molecular formula is C17H21BrN4. The van der Waals surface area contributed by atoms with Crippen LogP contribution in [0.2, 0.25) is 0 Å². The van der Waals surface area contributed by atoms with E-state index >= 15 is 0 Å². The standard InChI is InChI=1S/C17H21BrN4/c1-13-3-2-4-17(21-13)20-9-14-5-6-22(11-14)12-15-7-16(18)10-19-8-15/h2-4,7-8,10,14H,5-6,9,11-12H2,1H3,(H,20,21)/t14-/m0/s1. The second kappa shape index (κ2) is 7.20. The Balaban J connectivity index is 1.48.